The molecule has 1 amide bonds. The maximum atomic E-state index is 15.3. The summed E-state index contributed by atoms with van der Waals surface area (Å²) in [6, 6.07) is 14.3. The standard InChI is InChI=1S/C29H33ClFN5O5S/c1-41-21-9-10-22(25(31)16-21)23-17-35(27-11-12-28(37)33-32-27)18-24(23)29(38)34-13-3-4-26(19-5-7-20(30)8-6-19)36(15-14-34)42(2,39)40/h5-12,16,23-24,26H,3-4,13-15,17-18H2,1-2H3,(H,33,37). The molecule has 5 rings (SSSR count). The van der Waals surface area contributed by atoms with E-state index in [9.17, 15) is 18.0 Å². The normalized spacial score (nSPS) is 22.0. The summed E-state index contributed by atoms with van der Waals surface area (Å²) >= 11 is 6.06. The van der Waals surface area contributed by atoms with E-state index < -0.39 is 27.7 Å². The summed E-state index contributed by atoms with van der Waals surface area (Å²) in [5.41, 5.74) is 0.879. The number of amides is 1. The van der Waals surface area contributed by atoms with Crippen LogP contribution in [0.15, 0.2) is 59.4 Å². The number of sulfonamides is 1. The topological polar surface area (TPSA) is 116 Å². The molecule has 42 heavy (non-hydrogen) atoms. The number of carbonyl (C=O) groups excluding carboxylic acids is 1. The van der Waals surface area contributed by atoms with Crippen LogP contribution in [0.3, 0.4) is 0 Å². The molecule has 224 valence electrons. The number of methoxy groups -OCH3 is 1. The van der Waals surface area contributed by atoms with Crippen LogP contribution in [0.1, 0.15) is 35.9 Å². The molecule has 3 atom stereocenters. The van der Waals surface area contributed by atoms with Gasteiger partial charge in [-0.3, -0.25) is 9.59 Å². The summed E-state index contributed by atoms with van der Waals surface area (Å²) in [4.78, 5) is 29.3. The summed E-state index contributed by atoms with van der Waals surface area (Å²) in [6.07, 6.45) is 2.27. The van der Waals surface area contributed by atoms with Gasteiger partial charge in [-0.05, 0) is 48.2 Å². The number of benzene rings is 2. The van der Waals surface area contributed by atoms with Gasteiger partial charge in [-0.25, -0.2) is 17.9 Å². The lowest BCUT2D eigenvalue weighted by Crippen LogP contribution is -2.47. The number of aromatic nitrogens is 2. The predicted molar refractivity (Wildman–Crippen MR) is 158 cm³/mol. The lowest BCUT2D eigenvalue weighted by atomic mass is 9.87. The zero-order valence-corrected chi connectivity index (χ0v) is 24.9. The van der Waals surface area contributed by atoms with Crippen molar-refractivity contribution < 1.29 is 22.3 Å². The van der Waals surface area contributed by atoms with Crippen molar-refractivity contribution in [3.05, 3.63) is 86.9 Å². The van der Waals surface area contributed by atoms with Crippen LogP contribution in [0.25, 0.3) is 0 Å². The van der Waals surface area contributed by atoms with Crippen molar-refractivity contribution in [1.29, 1.82) is 0 Å². The van der Waals surface area contributed by atoms with Crippen molar-refractivity contribution in [2.45, 2.75) is 24.8 Å². The highest BCUT2D eigenvalue weighted by Gasteiger charge is 2.43. The fourth-order valence-electron chi connectivity index (χ4n) is 5.98. The first-order chi connectivity index (χ1) is 20.0. The van der Waals surface area contributed by atoms with E-state index in [0.29, 0.717) is 48.1 Å². The molecule has 2 aromatic carbocycles. The highest BCUT2D eigenvalue weighted by atomic mass is 35.5. The molecule has 1 aromatic heterocycles. The Kier molecular flexibility index (Phi) is 8.86. The van der Waals surface area contributed by atoms with Crippen LogP contribution >= 0.6 is 11.6 Å². The summed E-state index contributed by atoms with van der Waals surface area (Å²) in [7, 11) is -2.14. The number of aromatic amines is 1. The Hall–Kier alpha value is -3.48. The van der Waals surface area contributed by atoms with Gasteiger partial charge in [-0.2, -0.15) is 9.40 Å². The number of rotatable bonds is 6. The Balaban J connectivity index is 1.42. The number of anilines is 1. The molecule has 1 N–H and O–H groups in total. The molecule has 3 unspecified atom stereocenters. The van der Waals surface area contributed by atoms with Gasteiger partial charge in [0.1, 0.15) is 17.4 Å². The first kappa shape index (κ1) is 30.0. The van der Waals surface area contributed by atoms with Gasteiger partial charge in [-0.1, -0.05) is 29.8 Å². The van der Waals surface area contributed by atoms with E-state index in [1.807, 2.05) is 17.0 Å². The summed E-state index contributed by atoms with van der Waals surface area (Å²) < 4.78 is 47.7. The molecule has 0 radical (unpaired) electrons. The van der Waals surface area contributed by atoms with Gasteiger partial charge >= 0.3 is 0 Å². The van der Waals surface area contributed by atoms with Crippen molar-refractivity contribution in [2.24, 2.45) is 5.92 Å². The molecule has 2 saturated heterocycles. The second-order valence-electron chi connectivity index (χ2n) is 10.7. The average molecular weight is 618 g/mol. The van der Waals surface area contributed by atoms with E-state index in [2.05, 4.69) is 10.2 Å². The molecule has 2 aliphatic rings. The largest absolute Gasteiger partial charge is 0.497 e. The van der Waals surface area contributed by atoms with Crippen LogP contribution < -0.4 is 15.2 Å². The lowest BCUT2D eigenvalue weighted by molar-refractivity contribution is -0.135. The van der Waals surface area contributed by atoms with E-state index in [1.165, 1.54) is 29.8 Å². The van der Waals surface area contributed by atoms with Crippen LogP contribution in [-0.4, -0.2) is 79.8 Å². The Morgan fingerprint density at radius 2 is 1.83 bits per heavy atom. The van der Waals surface area contributed by atoms with Crippen molar-refractivity contribution >= 4 is 33.3 Å². The smallest absolute Gasteiger partial charge is 0.264 e. The fourth-order valence-corrected chi connectivity index (χ4v) is 7.21. The molecule has 13 heteroatoms. The van der Waals surface area contributed by atoms with E-state index >= 15 is 4.39 Å². The second-order valence-corrected chi connectivity index (χ2v) is 13.1. The van der Waals surface area contributed by atoms with Gasteiger partial charge in [0, 0.05) is 61.8 Å². The minimum atomic E-state index is -3.60. The Labute approximate surface area is 249 Å². The number of ether oxygens (including phenoxy) is 1. The molecular formula is C29H33ClFN5O5S. The van der Waals surface area contributed by atoms with Gasteiger partial charge in [0.05, 0.1) is 19.3 Å². The van der Waals surface area contributed by atoms with Crippen molar-refractivity contribution in [1.82, 2.24) is 19.4 Å². The number of halogens is 2. The summed E-state index contributed by atoms with van der Waals surface area (Å²) in [5.74, 6) is -0.937. The van der Waals surface area contributed by atoms with Crippen molar-refractivity contribution in [2.75, 3.05) is 51.0 Å². The van der Waals surface area contributed by atoms with Gasteiger partial charge in [0.2, 0.25) is 15.9 Å². The molecule has 2 aliphatic heterocycles. The Bertz CT molecular complexity index is 1580. The quantitative estimate of drug-likeness (QED) is 0.451. The van der Waals surface area contributed by atoms with Gasteiger partial charge < -0.3 is 14.5 Å². The molecule has 3 heterocycles. The molecule has 0 aliphatic carbocycles. The Morgan fingerprint density at radius 1 is 1.07 bits per heavy atom. The predicted octanol–water partition coefficient (Wildman–Crippen LogP) is 3.42. The first-order valence-corrected chi connectivity index (χ1v) is 15.9. The van der Waals surface area contributed by atoms with Crippen LogP contribution in [0.5, 0.6) is 5.75 Å². The van der Waals surface area contributed by atoms with Gasteiger partial charge in [0.25, 0.3) is 5.56 Å². The average Bonchev–Trinajstić information content (AvgIpc) is 3.38. The van der Waals surface area contributed by atoms with Crippen LogP contribution in [0, 0.1) is 11.7 Å². The Morgan fingerprint density at radius 3 is 2.48 bits per heavy atom. The molecule has 10 nitrogen and oxygen atoms in total. The molecule has 0 bridgehead atoms. The molecule has 3 aromatic rings. The van der Waals surface area contributed by atoms with E-state index in [1.54, 1.807) is 35.2 Å². The summed E-state index contributed by atoms with van der Waals surface area (Å²) in [6.45, 7) is 1.32. The van der Waals surface area contributed by atoms with Crippen LogP contribution in [0.2, 0.25) is 5.02 Å². The number of carbonyl (C=O) groups is 1. The first-order valence-electron chi connectivity index (χ1n) is 13.7. The maximum Gasteiger partial charge on any atom is 0.264 e. The zero-order chi connectivity index (χ0) is 30.0. The summed E-state index contributed by atoms with van der Waals surface area (Å²) in [5, 5.41) is 7.10. The number of hydrogen-bond acceptors (Lipinski definition) is 7. The number of nitrogens with one attached hydrogen (secondary N) is 1. The van der Waals surface area contributed by atoms with E-state index in [0.717, 1.165) is 5.56 Å². The molecule has 0 spiro atoms. The third-order valence-electron chi connectivity index (χ3n) is 8.07. The minimum Gasteiger partial charge on any atom is -0.497 e. The third-order valence-corrected chi connectivity index (χ3v) is 9.61. The number of nitrogens with zero attached hydrogens (tertiary/aromatic N) is 4. The third kappa shape index (κ3) is 6.45. The number of H-pyrrole nitrogens is 1. The lowest BCUT2D eigenvalue weighted by Gasteiger charge is -2.37. The van der Waals surface area contributed by atoms with Gasteiger partial charge in [-0.15, -0.1) is 0 Å². The van der Waals surface area contributed by atoms with E-state index in [-0.39, 0.29) is 37.1 Å². The number of hydrogen-bond donors (Lipinski definition) is 1. The molecule has 0 saturated carbocycles. The van der Waals surface area contributed by atoms with Crippen molar-refractivity contribution in [3.63, 3.8) is 0 Å². The molecule has 2 fully saturated rings. The zero-order valence-electron chi connectivity index (χ0n) is 23.4. The SMILES string of the molecule is COc1ccc(C2CN(c3ccc(=O)[nH]n3)CC2C(=O)N2CCCC(c3ccc(Cl)cc3)N(S(C)(=O)=O)CC2)c(F)c1. The van der Waals surface area contributed by atoms with Crippen LogP contribution in [0.4, 0.5) is 10.2 Å². The monoisotopic (exact) mass is 617 g/mol. The van der Waals surface area contributed by atoms with Crippen molar-refractivity contribution in [3.8, 4) is 5.75 Å². The van der Waals surface area contributed by atoms with E-state index in [4.69, 9.17) is 16.3 Å². The van der Waals surface area contributed by atoms with Crippen LogP contribution in [-0.2, 0) is 14.8 Å². The second kappa shape index (κ2) is 12.4. The highest BCUT2D eigenvalue weighted by molar-refractivity contribution is 7.88. The highest BCUT2D eigenvalue weighted by Crippen LogP contribution is 2.38. The molecular weight excluding hydrogens is 585 g/mol. The maximum absolute atomic E-state index is 15.3. The minimum absolute atomic E-state index is 0.122. The fraction of sp³-hybridized carbons (Fsp3) is 0.414. The van der Waals surface area contributed by atoms with Gasteiger partial charge in [0.15, 0.2) is 0 Å².